The van der Waals surface area contributed by atoms with Crippen LogP contribution in [0.2, 0.25) is 5.02 Å². The lowest BCUT2D eigenvalue weighted by Crippen LogP contribution is -2.20. The maximum Gasteiger partial charge on any atom is 0.244 e. The van der Waals surface area contributed by atoms with Gasteiger partial charge in [0.1, 0.15) is 0 Å². The number of carbonyl (C=O) groups excluding carboxylic acids is 1. The first-order valence-corrected chi connectivity index (χ1v) is 7.74. The van der Waals surface area contributed by atoms with Crippen molar-refractivity contribution in [2.45, 2.75) is 25.3 Å². The van der Waals surface area contributed by atoms with Gasteiger partial charge in [-0.2, -0.15) is 5.10 Å². The second-order valence-corrected chi connectivity index (χ2v) is 5.94. The van der Waals surface area contributed by atoms with Crippen LogP contribution in [0.15, 0.2) is 36.4 Å². The Kier molecular flexibility index (Phi) is 4.29. The first-order chi connectivity index (χ1) is 10.6. The van der Waals surface area contributed by atoms with E-state index in [1.165, 1.54) is 24.6 Å². The average Bonchev–Trinajstić information content (AvgIpc) is 3.28. The first-order valence-electron chi connectivity index (χ1n) is 7.37. The van der Waals surface area contributed by atoms with Gasteiger partial charge in [-0.15, -0.1) is 0 Å². The molecule has 5 heteroatoms. The van der Waals surface area contributed by atoms with Crippen LogP contribution in [0.1, 0.15) is 35.7 Å². The van der Waals surface area contributed by atoms with Crippen molar-refractivity contribution in [2.24, 2.45) is 7.05 Å². The minimum absolute atomic E-state index is 0.154. The second-order valence-electron chi connectivity index (χ2n) is 5.53. The number of benzene rings is 1. The first kappa shape index (κ1) is 14.9. The van der Waals surface area contributed by atoms with Crippen molar-refractivity contribution in [1.82, 2.24) is 15.1 Å². The Bertz CT molecular complexity index is 716. The molecule has 1 saturated carbocycles. The quantitative estimate of drug-likeness (QED) is 0.861. The molecule has 1 amide bonds. The van der Waals surface area contributed by atoms with Gasteiger partial charge in [-0.05, 0) is 36.6 Å². The highest BCUT2D eigenvalue weighted by molar-refractivity contribution is 6.32. The molecule has 114 valence electrons. The van der Waals surface area contributed by atoms with Gasteiger partial charge in [0.2, 0.25) is 5.91 Å². The normalized spacial score (nSPS) is 14.5. The Morgan fingerprint density at radius 2 is 2.23 bits per heavy atom. The van der Waals surface area contributed by atoms with Gasteiger partial charge in [-0.3, -0.25) is 9.48 Å². The maximum atomic E-state index is 11.9. The average molecular weight is 316 g/mol. The lowest BCUT2D eigenvalue weighted by atomic mass is 10.2. The Hall–Kier alpha value is -2.07. The standard InChI is InChI=1S/C17H18ClN3O/c1-21-16(13-6-7-13)10-14(20-21)11-19-17(22)9-8-12-4-2-3-5-15(12)18/h2-5,8-10,13H,6-7,11H2,1H3,(H,19,22). The number of rotatable bonds is 5. The molecule has 0 radical (unpaired) electrons. The fourth-order valence-electron chi connectivity index (χ4n) is 2.40. The summed E-state index contributed by atoms with van der Waals surface area (Å²) in [4.78, 5) is 11.9. The van der Waals surface area contributed by atoms with Crippen LogP contribution >= 0.6 is 11.6 Å². The van der Waals surface area contributed by atoms with Crippen molar-refractivity contribution in [3.05, 3.63) is 58.4 Å². The Labute approximate surface area is 134 Å². The highest BCUT2D eigenvalue weighted by Crippen LogP contribution is 2.39. The van der Waals surface area contributed by atoms with Crippen LogP contribution in [-0.2, 0) is 18.4 Å². The van der Waals surface area contributed by atoms with E-state index in [9.17, 15) is 4.79 Å². The van der Waals surface area contributed by atoms with Gasteiger partial charge in [-0.1, -0.05) is 29.8 Å². The van der Waals surface area contributed by atoms with Crippen molar-refractivity contribution < 1.29 is 4.79 Å². The minimum Gasteiger partial charge on any atom is -0.347 e. The smallest absolute Gasteiger partial charge is 0.244 e. The molecule has 0 bridgehead atoms. The van der Waals surface area contributed by atoms with Crippen molar-refractivity contribution in [1.29, 1.82) is 0 Å². The predicted molar refractivity (Wildman–Crippen MR) is 87.5 cm³/mol. The van der Waals surface area contributed by atoms with Crippen LogP contribution < -0.4 is 5.32 Å². The predicted octanol–water partition coefficient (Wildman–Crippen LogP) is 3.28. The lowest BCUT2D eigenvalue weighted by Gasteiger charge is -1.99. The molecule has 1 aromatic carbocycles. The topological polar surface area (TPSA) is 46.9 Å². The molecule has 1 aliphatic rings. The minimum atomic E-state index is -0.154. The summed E-state index contributed by atoms with van der Waals surface area (Å²) in [5, 5.41) is 7.91. The molecule has 22 heavy (non-hydrogen) atoms. The zero-order valence-electron chi connectivity index (χ0n) is 12.4. The van der Waals surface area contributed by atoms with Crippen LogP contribution in [0.4, 0.5) is 0 Å². The van der Waals surface area contributed by atoms with Gasteiger partial charge in [0, 0.05) is 29.8 Å². The molecule has 0 spiro atoms. The molecule has 0 unspecified atom stereocenters. The van der Waals surface area contributed by atoms with Crippen LogP contribution in [0, 0.1) is 0 Å². The van der Waals surface area contributed by atoms with Gasteiger partial charge in [-0.25, -0.2) is 0 Å². The lowest BCUT2D eigenvalue weighted by molar-refractivity contribution is -0.116. The van der Waals surface area contributed by atoms with Crippen LogP contribution in [0.3, 0.4) is 0 Å². The summed E-state index contributed by atoms with van der Waals surface area (Å²) in [5.74, 6) is 0.501. The number of carbonyl (C=O) groups is 1. The van der Waals surface area contributed by atoms with Crippen molar-refractivity contribution in [3.63, 3.8) is 0 Å². The number of hydrogen-bond donors (Lipinski definition) is 1. The summed E-state index contributed by atoms with van der Waals surface area (Å²) < 4.78 is 1.92. The van der Waals surface area contributed by atoms with Crippen molar-refractivity contribution in [2.75, 3.05) is 0 Å². The zero-order chi connectivity index (χ0) is 15.5. The van der Waals surface area contributed by atoms with Crippen molar-refractivity contribution in [3.8, 4) is 0 Å². The number of amides is 1. The summed E-state index contributed by atoms with van der Waals surface area (Å²) in [7, 11) is 1.95. The highest BCUT2D eigenvalue weighted by Gasteiger charge is 2.27. The summed E-state index contributed by atoms with van der Waals surface area (Å²) in [6.45, 7) is 0.437. The number of halogens is 1. The van der Waals surface area contributed by atoms with E-state index >= 15 is 0 Å². The molecule has 1 aliphatic carbocycles. The second kappa shape index (κ2) is 6.36. The molecule has 3 rings (SSSR count). The molecular formula is C17H18ClN3O. The van der Waals surface area contributed by atoms with Gasteiger partial charge in [0.05, 0.1) is 12.2 Å². The monoisotopic (exact) mass is 315 g/mol. The largest absolute Gasteiger partial charge is 0.347 e. The van der Waals surface area contributed by atoms with Crippen LogP contribution in [0.5, 0.6) is 0 Å². The molecular weight excluding hydrogens is 298 g/mol. The molecule has 4 nitrogen and oxygen atoms in total. The molecule has 0 saturated heterocycles. The maximum absolute atomic E-state index is 11.9. The Morgan fingerprint density at radius 3 is 2.95 bits per heavy atom. The van der Waals surface area contributed by atoms with Gasteiger partial charge < -0.3 is 5.32 Å². The highest BCUT2D eigenvalue weighted by atomic mass is 35.5. The van der Waals surface area contributed by atoms with E-state index in [0.29, 0.717) is 17.5 Å². The van der Waals surface area contributed by atoms with Gasteiger partial charge in [0.15, 0.2) is 0 Å². The Balaban J connectivity index is 1.56. The summed E-state index contributed by atoms with van der Waals surface area (Å²) >= 11 is 6.04. The SMILES string of the molecule is Cn1nc(CNC(=O)C=Cc2ccccc2Cl)cc1C1CC1. The Morgan fingerprint density at radius 1 is 1.45 bits per heavy atom. The van der Waals surface area contributed by atoms with Crippen molar-refractivity contribution >= 4 is 23.6 Å². The number of aromatic nitrogens is 2. The van der Waals surface area contributed by atoms with E-state index in [0.717, 1.165) is 11.3 Å². The third kappa shape index (κ3) is 3.57. The number of nitrogens with one attached hydrogen (secondary N) is 1. The third-order valence-electron chi connectivity index (χ3n) is 3.73. The third-order valence-corrected chi connectivity index (χ3v) is 4.07. The summed E-state index contributed by atoms with van der Waals surface area (Å²) in [6.07, 6.45) is 5.69. The molecule has 1 N–H and O–H groups in total. The zero-order valence-corrected chi connectivity index (χ0v) is 13.2. The molecule has 1 heterocycles. The van der Waals surface area contributed by atoms with E-state index in [4.69, 9.17) is 11.6 Å². The van der Waals surface area contributed by atoms with E-state index in [1.807, 2.05) is 29.9 Å². The number of nitrogens with zero attached hydrogens (tertiary/aromatic N) is 2. The molecule has 1 aromatic heterocycles. The van der Waals surface area contributed by atoms with E-state index in [2.05, 4.69) is 16.5 Å². The molecule has 2 aromatic rings. The number of aryl methyl sites for hydroxylation is 1. The fraction of sp³-hybridized carbons (Fsp3) is 0.294. The fourth-order valence-corrected chi connectivity index (χ4v) is 2.60. The summed E-state index contributed by atoms with van der Waals surface area (Å²) in [6, 6.07) is 9.49. The van der Waals surface area contributed by atoms with E-state index in [-0.39, 0.29) is 5.91 Å². The van der Waals surface area contributed by atoms with Crippen LogP contribution in [-0.4, -0.2) is 15.7 Å². The summed E-state index contributed by atoms with van der Waals surface area (Å²) in [5.41, 5.74) is 2.98. The van der Waals surface area contributed by atoms with E-state index in [1.54, 1.807) is 12.1 Å². The van der Waals surface area contributed by atoms with Crippen LogP contribution in [0.25, 0.3) is 6.08 Å². The van der Waals surface area contributed by atoms with Gasteiger partial charge >= 0.3 is 0 Å². The molecule has 1 fully saturated rings. The number of hydrogen-bond acceptors (Lipinski definition) is 2. The van der Waals surface area contributed by atoms with Gasteiger partial charge in [0.25, 0.3) is 0 Å². The van der Waals surface area contributed by atoms with E-state index < -0.39 is 0 Å². The molecule has 0 atom stereocenters. The molecule has 0 aliphatic heterocycles.